The number of nitrogens with zero attached hydrogens (tertiary/aromatic N) is 3. The Hall–Kier alpha value is -1.19. The molecule has 0 saturated carbocycles. The Morgan fingerprint density at radius 2 is 2.05 bits per heavy atom. The van der Waals surface area contributed by atoms with Gasteiger partial charge in [0.2, 0.25) is 5.95 Å². The largest absolute Gasteiger partial charge is 0.315 e. The summed E-state index contributed by atoms with van der Waals surface area (Å²) in [4.78, 5) is 6.84. The van der Waals surface area contributed by atoms with Crippen LogP contribution in [0, 0.1) is 6.92 Å². The maximum Gasteiger partial charge on any atom is 0.210 e. The van der Waals surface area contributed by atoms with E-state index in [1.54, 1.807) is 6.07 Å². The van der Waals surface area contributed by atoms with Gasteiger partial charge in [-0.15, -0.1) is 0 Å². The van der Waals surface area contributed by atoms with Gasteiger partial charge in [0.1, 0.15) is 0 Å². The summed E-state index contributed by atoms with van der Waals surface area (Å²) < 4.78 is 2.18. The average Bonchev–Trinajstić information content (AvgIpc) is 2.89. The van der Waals surface area contributed by atoms with Crippen molar-refractivity contribution in [2.45, 2.75) is 26.8 Å². The van der Waals surface area contributed by atoms with Gasteiger partial charge in [-0.2, -0.15) is 0 Å². The second-order valence-electron chi connectivity index (χ2n) is 4.78. The second-order valence-corrected chi connectivity index (χ2v) is 5.63. The Kier molecular flexibility index (Phi) is 3.19. The van der Waals surface area contributed by atoms with Crippen molar-refractivity contribution in [3.05, 3.63) is 39.6 Å². The third-order valence-corrected chi connectivity index (χ3v) is 3.97. The van der Waals surface area contributed by atoms with Crippen molar-refractivity contribution in [2.75, 3.05) is 11.4 Å². The van der Waals surface area contributed by atoms with E-state index < -0.39 is 0 Å². The van der Waals surface area contributed by atoms with Crippen molar-refractivity contribution in [3.8, 4) is 0 Å². The maximum atomic E-state index is 6.36. The zero-order valence-electron chi connectivity index (χ0n) is 11.0. The summed E-state index contributed by atoms with van der Waals surface area (Å²) in [7, 11) is 0. The standard InChI is InChI=1S/C14H15Cl2N3/c1-3-11-8-18-4-5-19(14(18)17-11)13-9(2)6-10(15)7-12(13)16/h6-8H,3-5H2,1-2H3. The fraction of sp³-hybridized carbons (Fsp3) is 0.357. The lowest BCUT2D eigenvalue weighted by molar-refractivity contribution is 0.795. The van der Waals surface area contributed by atoms with E-state index in [0.29, 0.717) is 10.0 Å². The van der Waals surface area contributed by atoms with Crippen LogP contribution in [0.1, 0.15) is 18.2 Å². The molecule has 19 heavy (non-hydrogen) atoms. The van der Waals surface area contributed by atoms with Gasteiger partial charge < -0.3 is 9.47 Å². The molecular formula is C14H15Cl2N3. The molecule has 2 aromatic rings. The van der Waals surface area contributed by atoms with Crippen molar-refractivity contribution in [3.63, 3.8) is 0 Å². The Labute approximate surface area is 122 Å². The predicted octanol–water partition coefficient (Wildman–Crippen LogP) is 4.21. The molecule has 1 aromatic carbocycles. The Morgan fingerprint density at radius 1 is 1.26 bits per heavy atom. The van der Waals surface area contributed by atoms with Crippen molar-refractivity contribution in [1.29, 1.82) is 0 Å². The van der Waals surface area contributed by atoms with Crippen LogP contribution in [-0.2, 0) is 13.0 Å². The summed E-state index contributed by atoms with van der Waals surface area (Å²) in [5, 5.41) is 1.35. The number of rotatable bonds is 2. The number of anilines is 2. The normalized spacial score (nSPS) is 14.0. The highest BCUT2D eigenvalue weighted by molar-refractivity contribution is 6.36. The number of hydrogen-bond donors (Lipinski definition) is 0. The van der Waals surface area contributed by atoms with E-state index in [-0.39, 0.29) is 0 Å². The Morgan fingerprint density at radius 3 is 2.74 bits per heavy atom. The number of hydrogen-bond acceptors (Lipinski definition) is 2. The average molecular weight is 296 g/mol. The summed E-state index contributed by atoms with van der Waals surface area (Å²) in [6.07, 6.45) is 3.07. The molecule has 0 radical (unpaired) electrons. The van der Waals surface area contributed by atoms with E-state index in [9.17, 15) is 0 Å². The van der Waals surface area contributed by atoms with Crippen molar-refractivity contribution in [2.24, 2.45) is 0 Å². The van der Waals surface area contributed by atoms with E-state index in [1.807, 2.05) is 13.0 Å². The van der Waals surface area contributed by atoms with Gasteiger partial charge in [-0.25, -0.2) is 4.98 Å². The molecule has 0 unspecified atom stereocenters. The molecule has 0 aliphatic carbocycles. The first-order valence-electron chi connectivity index (χ1n) is 6.39. The smallest absolute Gasteiger partial charge is 0.210 e. The Balaban J connectivity index is 2.08. The molecular weight excluding hydrogens is 281 g/mol. The van der Waals surface area contributed by atoms with Gasteiger partial charge in [0.05, 0.1) is 16.4 Å². The highest BCUT2D eigenvalue weighted by Crippen LogP contribution is 2.38. The summed E-state index contributed by atoms with van der Waals surface area (Å²) in [5.74, 6) is 0.976. The molecule has 2 heterocycles. The molecule has 100 valence electrons. The van der Waals surface area contributed by atoms with E-state index in [4.69, 9.17) is 23.2 Å². The lowest BCUT2D eigenvalue weighted by Crippen LogP contribution is -2.16. The number of aryl methyl sites for hydroxylation is 2. The van der Waals surface area contributed by atoms with Crippen molar-refractivity contribution >= 4 is 34.8 Å². The number of aromatic nitrogens is 2. The highest BCUT2D eigenvalue weighted by Gasteiger charge is 2.25. The predicted molar refractivity (Wildman–Crippen MR) is 79.8 cm³/mol. The number of benzene rings is 1. The summed E-state index contributed by atoms with van der Waals surface area (Å²) in [6.45, 7) is 5.98. The van der Waals surface area contributed by atoms with E-state index in [1.165, 1.54) is 0 Å². The molecule has 1 aromatic heterocycles. The molecule has 5 heteroatoms. The topological polar surface area (TPSA) is 21.1 Å². The molecule has 0 N–H and O–H groups in total. The first kappa shape index (κ1) is 12.8. The molecule has 3 rings (SSSR count). The highest BCUT2D eigenvalue weighted by atomic mass is 35.5. The number of halogens is 2. The lowest BCUT2D eigenvalue weighted by atomic mass is 10.2. The molecule has 0 spiro atoms. The third kappa shape index (κ3) is 2.11. The quantitative estimate of drug-likeness (QED) is 0.827. The summed E-state index contributed by atoms with van der Waals surface area (Å²) in [5.41, 5.74) is 3.20. The fourth-order valence-electron chi connectivity index (χ4n) is 2.57. The summed E-state index contributed by atoms with van der Waals surface area (Å²) >= 11 is 12.4. The molecule has 0 saturated heterocycles. The minimum atomic E-state index is 0.669. The van der Waals surface area contributed by atoms with Gasteiger partial charge in [0.25, 0.3) is 0 Å². The SMILES string of the molecule is CCc1cn2c(n1)N(c1c(C)cc(Cl)cc1Cl)CC2. The van der Waals surface area contributed by atoms with E-state index in [2.05, 4.69) is 27.6 Å². The Bertz CT molecular complexity index is 611. The van der Waals surface area contributed by atoms with Gasteiger partial charge in [-0.1, -0.05) is 30.1 Å². The monoisotopic (exact) mass is 295 g/mol. The van der Waals surface area contributed by atoms with Gasteiger partial charge in [0, 0.05) is 24.3 Å². The van der Waals surface area contributed by atoms with Crippen LogP contribution in [-0.4, -0.2) is 16.1 Å². The zero-order chi connectivity index (χ0) is 13.6. The number of imidazole rings is 1. The van der Waals surface area contributed by atoms with Gasteiger partial charge >= 0.3 is 0 Å². The van der Waals surface area contributed by atoms with Gasteiger partial charge in [-0.3, -0.25) is 0 Å². The summed E-state index contributed by atoms with van der Waals surface area (Å²) in [6, 6.07) is 3.73. The van der Waals surface area contributed by atoms with E-state index >= 15 is 0 Å². The first-order chi connectivity index (χ1) is 9.10. The second kappa shape index (κ2) is 4.73. The van der Waals surface area contributed by atoms with Crippen LogP contribution < -0.4 is 4.90 Å². The van der Waals surface area contributed by atoms with Crippen LogP contribution >= 0.6 is 23.2 Å². The van der Waals surface area contributed by atoms with Crippen molar-refractivity contribution < 1.29 is 0 Å². The van der Waals surface area contributed by atoms with Gasteiger partial charge in [-0.05, 0) is 31.0 Å². The first-order valence-corrected chi connectivity index (χ1v) is 7.15. The minimum absolute atomic E-state index is 0.669. The van der Waals surface area contributed by atoms with Crippen LogP contribution in [0.15, 0.2) is 18.3 Å². The van der Waals surface area contributed by atoms with Gasteiger partial charge in [0.15, 0.2) is 0 Å². The molecule has 3 nitrogen and oxygen atoms in total. The molecule has 0 bridgehead atoms. The molecule has 0 atom stereocenters. The van der Waals surface area contributed by atoms with E-state index in [0.717, 1.165) is 42.4 Å². The lowest BCUT2D eigenvalue weighted by Gasteiger charge is -2.20. The minimum Gasteiger partial charge on any atom is -0.315 e. The van der Waals surface area contributed by atoms with Crippen LogP contribution in [0.25, 0.3) is 0 Å². The zero-order valence-corrected chi connectivity index (χ0v) is 12.5. The molecule has 0 amide bonds. The number of fused-ring (bicyclic) bond motifs is 1. The third-order valence-electron chi connectivity index (χ3n) is 3.46. The molecule has 1 aliphatic rings. The fourth-order valence-corrected chi connectivity index (χ4v) is 3.26. The van der Waals surface area contributed by atoms with Crippen LogP contribution in [0.3, 0.4) is 0 Å². The molecule has 0 fully saturated rings. The molecule has 1 aliphatic heterocycles. The van der Waals surface area contributed by atoms with Crippen LogP contribution in [0.4, 0.5) is 11.6 Å². The van der Waals surface area contributed by atoms with Crippen LogP contribution in [0.5, 0.6) is 0 Å². The van der Waals surface area contributed by atoms with Crippen LogP contribution in [0.2, 0.25) is 10.0 Å². The maximum absolute atomic E-state index is 6.36. The van der Waals surface area contributed by atoms with Crippen molar-refractivity contribution in [1.82, 2.24) is 9.55 Å².